The normalized spacial score (nSPS) is 11.0. The average molecular weight is 432 g/mol. The molecule has 0 aliphatic carbocycles. The first-order chi connectivity index (χ1) is 14.0. The first kappa shape index (κ1) is 21.4. The molecule has 0 atom stereocenters. The van der Waals surface area contributed by atoms with Crippen LogP contribution in [0.3, 0.4) is 0 Å². The number of halogens is 1. The molecule has 152 valence electrons. The number of nitrogens with one attached hydrogen (secondary N) is 1. The molecule has 1 N–H and O–H groups in total. The van der Waals surface area contributed by atoms with Crippen LogP contribution in [0.4, 0.5) is 10.4 Å². The van der Waals surface area contributed by atoms with Crippen LogP contribution in [0.25, 0.3) is 0 Å². The van der Waals surface area contributed by atoms with Gasteiger partial charge in [0.05, 0.1) is 6.42 Å². The molecule has 5 nitrogen and oxygen atoms in total. The Kier molecular flexibility index (Phi) is 7.71. The van der Waals surface area contributed by atoms with Gasteiger partial charge < -0.3 is 4.42 Å². The number of hydrogen-bond donors (Lipinski definition) is 1. The van der Waals surface area contributed by atoms with Crippen molar-refractivity contribution in [1.29, 1.82) is 0 Å². The lowest BCUT2D eigenvalue weighted by Gasteiger charge is -2.05. The van der Waals surface area contributed by atoms with Crippen molar-refractivity contribution in [2.24, 2.45) is 0 Å². The summed E-state index contributed by atoms with van der Waals surface area (Å²) in [6, 6.07) is 14.5. The van der Waals surface area contributed by atoms with Crippen LogP contribution in [-0.2, 0) is 11.2 Å². The second-order valence-corrected chi connectivity index (χ2v) is 9.41. The summed E-state index contributed by atoms with van der Waals surface area (Å²) in [5, 5.41) is 11.0. The SMILES string of the molecule is CC(C)Sc1ccc(Cc2nnc(NC(=O)CCSc3ccc(F)cc3)o2)cc1. The highest BCUT2D eigenvalue weighted by Gasteiger charge is 2.11. The van der Waals surface area contributed by atoms with Gasteiger partial charge >= 0.3 is 6.01 Å². The molecule has 29 heavy (non-hydrogen) atoms. The molecule has 0 saturated carbocycles. The van der Waals surface area contributed by atoms with Crippen molar-refractivity contribution in [2.75, 3.05) is 11.1 Å². The molecule has 1 amide bonds. The van der Waals surface area contributed by atoms with Gasteiger partial charge in [-0.15, -0.1) is 28.6 Å². The molecule has 0 fully saturated rings. The molecule has 3 aromatic rings. The molecule has 0 spiro atoms. The fraction of sp³-hybridized carbons (Fsp3) is 0.286. The van der Waals surface area contributed by atoms with Crippen molar-refractivity contribution < 1.29 is 13.6 Å². The van der Waals surface area contributed by atoms with Gasteiger partial charge in [-0.2, -0.15) is 0 Å². The van der Waals surface area contributed by atoms with E-state index in [1.165, 1.54) is 28.8 Å². The molecule has 0 bridgehead atoms. The van der Waals surface area contributed by atoms with E-state index >= 15 is 0 Å². The largest absolute Gasteiger partial charge is 0.407 e. The van der Waals surface area contributed by atoms with Gasteiger partial charge in [-0.3, -0.25) is 10.1 Å². The quantitative estimate of drug-likeness (QED) is 0.456. The monoisotopic (exact) mass is 431 g/mol. The Morgan fingerprint density at radius 3 is 2.45 bits per heavy atom. The molecule has 1 heterocycles. The zero-order valence-corrected chi connectivity index (χ0v) is 17.9. The Morgan fingerprint density at radius 2 is 1.76 bits per heavy atom. The predicted molar refractivity (Wildman–Crippen MR) is 115 cm³/mol. The number of thioether (sulfide) groups is 2. The Balaban J connectivity index is 1.44. The second-order valence-electron chi connectivity index (χ2n) is 6.59. The number of aromatic nitrogens is 2. The van der Waals surface area contributed by atoms with Crippen molar-refractivity contribution >= 4 is 35.4 Å². The maximum Gasteiger partial charge on any atom is 0.322 e. The van der Waals surface area contributed by atoms with Crippen molar-refractivity contribution in [3.05, 3.63) is 65.8 Å². The summed E-state index contributed by atoms with van der Waals surface area (Å²) in [7, 11) is 0. The van der Waals surface area contributed by atoms with Crippen molar-refractivity contribution in [3.63, 3.8) is 0 Å². The molecular formula is C21H22FN3O2S2. The minimum atomic E-state index is -0.273. The summed E-state index contributed by atoms with van der Waals surface area (Å²) in [6.45, 7) is 4.32. The van der Waals surface area contributed by atoms with Gasteiger partial charge in [0.1, 0.15) is 5.82 Å². The molecule has 0 aliphatic rings. The van der Waals surface area contributed by atoms with Gasteiger partial charge in [0.15, 0.2) is 0 Å². The van der Waals surface area contributed by atoms with Gasteiger partial charge in [0.2, 0.25) is 11.8 Å². The summed E-state index contributed by atoms with van der Waals surface area (Å²) in [6.07, 6.45) is 0.796. The molecule has 8 heteroatoms. The molecule has 0 saturated heterocycles. The topological polar surface area (TPSA) is 68.0 Å². The number of benzene rings is 2. The zero-order valence-electron chi connectivity index (χ0n) is 16.2. The van der Waals surface area contributed by atoms with Gasteiger partial charge in [-0.25, -0.2) is 4.39 Å². The summed E-state index contributed by atoms with van der Waals surface area (Å²) in [4.78, 5) is 14.2. The van der Waals surface area contributed by atoms with E-state index in [0.29, 0.717) is 23.3 Å². The predicted octanol–water partition coefficient (Wildman–Crippen LogP) is 5.42. The lowest BCUT2D eigenvalue weighted by molar-refractivity contribution is -0.115. The van der Waals surface area contributed by atoms with Crippen LogP contribution in [0.5, 0.6) is 0 Å². The number of amides is 1. The highest BCUT2D eigenvalue weighted by Crippen LogP contribution is 2.24. The van der Waals surface area contributed by atoms with Gasteiger partial charge in [0.25, 0.3) is 0 Å². The lowest BCUT2D eigenvalue weighted by atomic mass is 10.1. The Morgan fingerprint density at radius 1 is 1.07 bits per heavy atom. The van der Waals surface area contributed by atoms with E-state index in [0.717, 1.165) is 10.5 Å². The summed E-state index contributed by atoms with van der Waals surface area (Å²) < 4.78 is 18.4. The number of hydrogen-bond acceptors (Lipinski definition) is 6. The standard InChI is InChI=1S/C21H22FN3O2S2/c1-14(2)29-18-7-3-15(4-8-18)13-20-24-25-21(27-20)23-19(26)11-12-28-17-9-5-16(22)6-10-17/h3-10,14H,11-13H2,1-2H3,(H,23,25,26). The van der Waals surface area contributed by atoms with Crippen molar-refractivity contribution in [2.45, 2.75) is 41.7 Å². The maximum absolute atomic E-state index is 12.9. The van der Waals surface area contributed by atoms with E-state index in [1.54, 1.807) is 12.1 Å². The molecule has 2 aromatic carbocycles. The van der Waals surface area contributed by atoms with Crippen LogP contribution < -0.4 is 5.32 Å². The van der Waals surface area contributed by atoms with Crippen LogP contribution in [0, 0.1) is 5.82 Å². The van der Waals surface area contributed by atoms with E-state index in [4.69, 9.17) is 4.42 Å². The molecule has 0 aliphatic heterocycles. The van der Waals surface area contributed by atoms with Crippen LogP contribution >= 0.6 is 23.5 Å². The third-order valence-corrected chi connectivity index (χ3v) is 5.80. The molecular weight excluding hydrogens is 409 g/mol. The summed E-state index contributed by atoms with van der Waals surface area (Å²) in [5.74, 6) is 0.541. The Labute approximate surface area is 177 Å². The number of carbonyl (C=O) groups excluding carboxylic acids is 1. The summed E-state index contributed by atoms with van der Waals surface area (Å²) in [5.41, 5.74) is 1.07. The highest BCUT2D eigenvalue weighted by atomic mass is 32.2. The minimum absolute atomic E-state index is 0.101. The molecule has 1 aromatic heterocycles. The number of nitrogens with zero attached hydrogens (tertiary/aromatic N) is 2. The fourth-order valence-corrected chi connectivity index (χ4v) is 4.17. The van der Waals surface area contributed by atoms with Crippen LogP contribution in [0.1, 0.15) is 31.7 Å². The smallest absolute Gasteiger partial charge is 0.322 e. The highest BCUT2D eigenvalue weighted by molar-refractivity contribution is 8.00. The average Bonchev–Trinajstić information content (AvgIpc) is 3.11. The third kappa shape index (κ3) is 7.21. The van der Waals surface area contributed by atoms with E-state index in [1.807, 2.05) is 23.9 Å². The van der Waals surface area contributed by atoms with Crippen LogP contribution in [0.2, 0.25) is 0 Å². The first-order valence-electron chi connectivity index (χ1n) is 9.24. The summed E-state index contributed by atoms with van der Waals surface area (Å²) >= 11 is 3.30. The van der Waals surface area contributed by atoms with Crippen molar-refractivity contribution in [3.8, 4) is 0 Å². The Hall–Kier alpha value is -2.32. The lowest BCUT2D eigenvalue weighted by Crippen LogP contribution is -2.12. The zero-order chi connectivity index (χ0) is 20.6. The van der Waals surface area contributed by atoms with Gasteiger partial charge in [-0.05, 0) is 42.0 Å². The minimum Gasteiger partial charge on any atom is -0.407 e. The molecule has 3 rings (SSSR count). The molecule has 0 radical (unpaired) electrons. The first-order valence-corrected chi connectivity index (χ1v) is 11.1. The maximum atomic E-state index is 12.9. The molecule has 0 unspecified atom stereocenters. The van der Waals surface area contributed by atoms with Crippen molar-refractivity contribution in [1.82, 2.24) is 10.2 Å². The van der Waals surface area contributed by atoms with E-state index in [-0.39, 0.29) is 24.2 Å². The van der Waals surface area contributed by atoms with Gasteiger partial charge in [-0.1, -0.05) is 31.1 Å². The van der Waals surface area contributed by atoms with Crippen LogP contribution in [0.15, 0.2) is 62.7 Å². The number of carbonyl (C=O) groups is 1. The number of rotatable bonds is 9. The number of anilines is 1. The van der Waals surface area contributed by atoms with E-state index < -0.39 is 0 Å². The van der Waals surface area contributed by atoms with Crippen LogP contribution in [-0.4, -0.2) is 27.1 Å². The third-order valence-electron chi connectivity index (χ3n) is 3.78. The second kappa shape index (κ2) is 10.5. The van der Waals surface area contributed by atoms with E-state index in [9.17, 15) is 9.18 Å². The van der Waals surface area contributed by atoms with E-state index in [2.05, 4.69) is 41.5 Å². The fourth-order valence-electron chi connectivity index (χ4n) is 2.48. The Bertz CT molecular complexity index is 928. The van der Waals surface area contributed by atoms with Gasteiger partial charge in [0, 0.05) is 27.2 Å².